The Bertz CT molecular complexity index is 543. The van der Waals surface area contributed by atoms with Gasteiger partial charge in [0.25, 0.3) is 0 Å². The lowest BCUT2D eigenvalue weighted by Gasteiger charge is -2.10. The number of aromatic amines is 1. The minimum absolute atomic E-state index is 0.677. The Morgan fingerprint density at radius 2 is 2.17 bits per heavy atom. The summed E-state index contributed by atoms with van der Waals surface area (Å²) in [4.78, 5) is 10.4. The molecule has 0 saturated heterocycles. The zero-order chi connectivity index (χ0) is 12.5. The second-order valence-electron chi connectivity index (χ2n) is 4.74. The summed E-state index contributed by atoms with van der Waals surface area (Å²) in [6.07, 6.45) is 4.26. The van der Waals surface area contributed by atoms with Crippen molar-refractivity contribution in [1.29, 1.82) is 0 Å². The molecule has 1 aliphatic carbocycles. The number of H-pyrrole nitrogens is 1. The molecule has 1 aliphatic rings. The van der Waals surface area contributed by atoms with E-state index in [2.05, 4.69) is 31.5 Å². The van der Waals surface area contributed by atoms with Crippen molar-refractivity contribution in [3.63, 3.8) is 0 Å². The fraction of sp³-hybridized carbons (Fsp3) is 0.417. The van der Waals surface area contributed by atoms with Crippen molar-refractivity contribution in [2.75, 3.05) is 24.3 Å². The topological polar surface area (TPSA) is 69.7 Å². The molecule has 2 heterocycles. The predicted octanol–water partition coefficient (Wildman–Crippen LogP) is 1.89. The quantitative estimate of drug-likeness (QED) is 0.859. The molecule has 0 spiro atoms. The van der Waals surface area contributed by atoms with E-state index in [-0.39, 0.29) is 0 Å². The average molecular weight is 244 g/mol. The number of anilines is 3. The van der Waals surface area contributed by atoms with Gasteiger partial charge in [0.15, 0.2) is 5.82 Å². The Labute approximate surface area is 105 Å². The lowest BCUT2D eigenvalue weighted by atomic mass is 10.3. The average Bonchev–Trinajstić information content (AvgIpc) is 3.11. The fourth-order valence-electron chi connectivity index (χ4n) is 1.77. The van der Waals surface area contributed by atoms with Crippen molar-refractivity contribution in [3.8, 4) is 0 Å². The van der Waals surface area contributed by atoms with Gasteiger partial charge in [0.1, 0.15) is 5.82 Å². The molecule has 1 fully saturated rings. The molecule has 0 amide bonds. The molecular formula is C12H16N6. The third-order valence-corrected chi connectivity index (χ3v) is 2.91. The Balaban J connectivity index is 1.76. The van der Waals surface area contributed by atoms with Crippen LogP contribution in [-0.2, 0) is 0 Å². The van der Waals surface area contributed by atoms with E-state index in [0.29, 0.717) is 11.9 Å². The first-order valence-electron chi connectivity index (χ1n) is 6.05. The highest BCUT2D eigenvalue weighted by Gasteiger charge is 2.25. The van der Waals surface area contributed by atoms with Gasteiger partial charge in [-0.15, -0.1) is 0 Å². The summed E-state index contributed by atoms with van der Waals surface area (Å²) in [5.74, 6) is 2.91. The van der Waals surface area contributed by atoms with Crippen LogP contribution in [-0.4, -0.2) is 34.3 Å². The number of nitrogens with one attached hydrogen (secondary N) is 2. The highest BCUT2D eigenvalue weighted by atomic mass is 15.3. The van der Waals surface area contributed by atoms with Gasteiger partial charge in [0, 0.05) is 38.0 Å². The highest BCUT2D eigenvalue weighted by molar-refractivity contribution is 5.53. The molecule has 94 valence electrons. The Morgan fingerprint density at radius 1 is 1.33 bits per heavy atom. The summed E-state index contributed by atoms with van der Waals surface area (Å²) in [6, 6.07) is 3.88. The predicted molar refractivity (Wildman–Crippen MR) is 70.2 cm³/mol. The van der Waals surface area contributed by atoms with Crippen LogP contribution in [0.15, 0.2) is 18.3 Å². The zero-order valence-electron chi connectivity index (χ0n) is 10.5. The van der Waals surface area contributed by atoms with Gasteiger partial charge in [-0.05, 0) is 18.9 Å². The van der Waals surface area contributed by atoms with Crippen molar-refractivity contribution in [2.24, 2.45) is 0 Å². The van der Waals surface area contributed by atoms with Gasteiger partial charge < -0.3 is 10.2 Å². The van der Waals surface area contributed by atoms with E-state index in [9.17, 15) is 0 Å². The van der Waals surface area contributed by atoms with E-state index in [4.69, 9.17) is 0 Å². The largest absolute Gasteiger partial charge is 0.347 e. The molecule has 6 nitrogen and oxygen atoms in total. The molecular weight excluding hydrogens is 228 g/mol. The first-order valence-corrected chi connectivity index (χ1v) is 6.05. The van der Waals surface area contributed by atoms with Crippen LogP contribution >= 0.6 is 0 Å². The van der Waals surface area contributed by atoms with Crippen LogP contribution in [0, 0.1) is 0 Å². The van der Waals surface area contributed by atoms with Crippen molar-refractivity contribution in [1.82, 2.24) is 20.2 Å². The Morgan fingerprint density at radius 3 is 2.89 bits per heavy atom. The number of rotatable bonds is 4. The molecule has 6 heteroatoms. The van der Waals surface area contributed by atoms with Crippen LogP contribution in [0.1, 0.15) is 24.5 Å². The van der Waals surface area contributed by atoms with E-state index in [1.165, 1.54) is 18.5 Å². The van der Waals surface area contributed by atoms with Crippen LogP contribution in [0.25, 0.3) is 0 Å². The maximum Gasteiger partial charge on any atom is 0.226 e. The summed E-state index contributed by atoms with van der Waals surface area (Å²) in [6.45, 7) is 0. The van der Waals surface area contributed by atoms with Gasteiger partial charge in [-0.2, -0.15) is 10.1 Å². The molecule has 2 aromatic heterocycles. The molecule has 0 bridgehead atoms. The maximum absolute atomic E-state index is 4.39. The van der Waals surface area contributed by atoms with E-state index in [0.717, 1.165) is 11.6 Å². The second kappa shape index (κ2) is 4.29. The zero-order valence-corrected chi connectivity index (χ0v) is 10.5. The van der Waals surface area contributed by atoms with Gasteiger partial charge in [0.05, 0.1) is 0 Å². The standard InChI is InChI=1S/C12H16N6/c1-18(2)12-13-6-5-10(15-12)14-11-7-9(16-17-11)8-3-4-8/h5-8H,3-4H2,1-2H3,(H2,13,14,15,16,17). The number of aromatic nitrogens is 4. The van der Waals surface area contributed by atoms with Crippen LogP contribution in [0.3, 0.4) is 0 Å². The Kier molecular flexibility index (Phi) is 2.62. The van der Waals surface area contributed by atoms with Crippen molar-refractivity contribution >= 4 is 17.6 Å². The van der Waals surface area contributed by atoms with Gasteiger partial charge in [-0.3, -0.25) is 5.10 Å². The van der Waals surface area contributed by atoms with Crippen LogP contribution < -0.4 is 10.2 Å². The van der Waals surface area contributed by atoms with Crippen LogP contribution in [0.5, 0.6) is 0 Å². The minimum Gasteiger partial charge on any atom is -0.347 e. The molecule has 18 heavy (non-hydrogen) atoms. The van der Waals surface area contributed by atoms with Gasteiger partial charge in [0.2, 0.25) is 5.95 Å². The smallest absolute Gasteiger partial charge is 0.226 e. The van der Waals surface area contributed by atoms with Gasteiger partial charge in [-0.25, -0.2) is 4.98 Å². The van der Waals surface area contributed by atoms with Gasteiger partial charge in [-0.1, -0.05) is 0 Å². The minimum atomic E-state index is 0.677. The molecule has 0 aromatic carbocycles. The Hall–Kier alpha value is -2.11. The third-order valence-electron chi connectivity index (χ3n) is 2.91. The number of hydrogen-bond donors (Lipinski definition) is 2. The molecule has 3 rings (SSSR count). The molecule has 0 unspecified atom stereocenters. The number of hydrogen-bond acceptors (Lipinski definition) is 5. The van der Waals surface area contributed by atoms with Crippen molar-refractivity contribution in [2.45, 2.75) is 18.8 Å². The molecule has 0 aliphatic heterocycles. The summed E-state index contributed by atoms with van der Waals surface area (Å²) in [5, 5.41) is 10.5. The lowest BCUT2D eigenvalue weighted by Crippen LogP contribution is -2.13. The van der Waals surface area contributed by atoms with Crippen LogP contribution in [0.4, 0.5) is 17.6 Å². The summed E-state index contributed by atoms with van der Waals surface area (Å²) in [7, 11) is 3.83. The molecule has 0 radical (unpaired) electrons. The summed E-state index contributed by atoms with van der Waals surface area (Å²) >= 11 is 0. The van der Waals surface area contributed by atoms with E-state index in [1.54, 1.807) is 6.20 Å². The fourth-order valence-corrected chi connectivity index (χ4v) is 1.77. The molecule has 2 aromatic rings. The van der Waals surface area contributed by atoms with E-state index < -0.39 is 0 Å². The third kappa shape index (κ3) is 2.27. The SMILES string of the molecule is CN(C)c1nccc(Nc2cc(C3CC3)[nH]n2)n1. The summed E-state index contributed by atoms with van der Waals surface area (Å²) in [5.41, 5.74) is 1.21. The normalized spacial score (nSPS) is 14.6. The van der Waals surface area contributed by atoms with Crippen LogP contribution in [0.2, 0.25) is 0 Å². The lowest BCUT2D eigenvalue weighted by molar-refractivity contribution is 0.965. The second-order valence-corrected chi connectivity index (χ2v) is 4.74. The molecule has 2 N–H and O–H groups in total. The van der Waals surface area contributed by atoms with E-state index in [1.807, 2.05) is 25.1 Å². The first-order chi connectivity index (χ1) is 8.72. The van der Waals surface area contributed by atoms with Crippen molar-refractivity contribution in [3.05, 3.63) is 24.0 Å². The molecule has 0 atom stereocenters. The summed E-state index contributed by atoms with van der Waals surface area (Å²) < 4.78 is 0. The first kappa shape index (κ1) is 11.0. The van der Waals surface area contributed by atoms with E-state index >= 15 is 0 Å². The van der Waals surface area contributed by atoms with Gasteiger partial charge >= 0.3 is 0 Å². The maximum atomic E-state index is 4.39. The highest BCUT2D eigenvalue weighted by Crippen LogP contribution is 2.39. The monoisotopic (exact) mass is 244 g/mol. The molecule has 1 saturated carbocycles. The number of nitrogens with zero attached hydrogens (tertiary/aromatic N) is 4. The van der Waals surface area contributed by atoms with Crippen molar-refractivity contribution < 1.29 is 0 Å².